The molecule has 2 heterocycles. The fourth-order valence-corrected chi connectivity index (χ4v) is 4.89. The number of sulfonamides is 1. The van der Waals surface area contributed by atoms with E-state index in [4.69, 9.17) is 4.42 Å². The summed E-state index contributed by atoms with van der Waals surface area (Å²) in [6.07, 6.45) is -5.90. The van der Waals surface area contributed by atoms with Crippen LogP contribution in [-0.4, -0.2) is 67.7 Å². The van der Waals surface area contributed by atoms with Crippen molar-refractivity contribution in [1.29, 1.82) is 0 Å². The Morgan fingerprint density at radius 1 is 1.15 bits per heavy atom. The number of alkyl halides is 3. The number of rotatable bonds is 6. The topological polar surface area (TPSA) is 103 Å². The lowest BCUT2D eigenvalue weighted by molar-refractivity contribution is -0.274. The summed E-state index contributed by atoms with van der Waals surface area (Å²) in [5.74, 6) is -1.17. The Kier molecular flexibility index (Phi) is 7.05. The Hall–Kier alpha value is -2.64. The minimum Gasteiger partial charge on any atom is -0.463 e. The monoisotopic (exact) mass is 493 g/mol. The number of nitrogens with one attached hydrogen (secondary N) is 1. The number of piperazine rings is 1. The van der Waals surface area contributed by atoms with E-state index in [0.29, 0.717) is 0 Å². The van der Waals surface area contributed by atoms with Crippen molar-refractivity contribution in [2.24, 2.45) is 0 Å². The number of benzene rings is 1. The molecule has 8 nitrogen and oxygen atoms in total. The molecule has 1 aliphatic rings. The average Bonchev–Trinajstić information content (AvgIpc) is 3.19. The van der Waals surface area contributed by atoms with Gasteiger partial charge in [0.05, 0.1) is 4.90 Å². The summed E-state index contributed by atoms with van der Waals surface area (Å²) in [6, 6.07) is 6.19. The number of carbonyl (C=O) groups excluding carboxylic acids is 1. The Labute approximate surface area is 187 Å². The summed E-state index contributed by atoms with van der Waals surface area (Å²) in [6.45, 7) is 0.782. The van der Waals surface area contributed by atoms with Crippen LogP contribution in [0.15, 0.2) is 45.7 Å². The molecule has 1 aromatic heterocycles. The summed E-state index contributed by atoms with van der Waals surface area (Å²) in [5, 5.41) is 12.5. The van der Waals surface area contributed by atoms with Gasteiger partial charge in [0.15, 0.2) is 0 Å². The van der Waals surface area contributed by atoms with Crippen LogP contribution in [0, 0.1) is 12.7 Å². The van der Waals surface area contributed by atoms with E-state index in [2.05, 4.69) is 5.32 Å². The summed E-state index contributed by atoms with van der Waals surface area (Å²) in [7, 11) is -3.95. The van der Waals surface area contributed by atoms with Crippen LogP contribution < -0.4 is 5.32 Å². The summed E-state index contributed by atoms with van der Waals surface area (Å²) >= 11 is 0. The lowest BCUT2D eigenvalue weighted by Crippen LogP contribution is -2.53. The van der Waals surface area contributed by atoms with Crippen LogP contribution in [0.3, 0.4) is 0 Å². The van der Waals surface area contributed by atoms with E-state index in [0.717, 1.165) is 22.5 Å². The SMILES string of the molecule is Cc1ccc([C@](O)(CCNC(=O)N2CCN(S(=O)(=O)c3cccc(F)c3)CC2)C(F)(F)F)o1. The second-order valence-corrected chi connectivity index (χ2v) is 9.54. The number of halogens is 4. The van der Waals surface area contributed by atoms with Gasteiger partial charge in [-0.3, -0.25) is 0 Å². The minimum absolute atomic E-state index is 0.0126. The number of nitrogens with zero attached hydrogens (tertiary/aromatic N) is 2. The predicted molar refractivity (Wildman–Crippen MR) is 108 cm³/mol. The van der Waals surface area contributed by atoms with Gasteiger partial charge in [0.2, 0.25) is 15.6 Å². The molecule has 1 saturated heterocycles. The molecule has 1 atom stereocenters. The van der Waals surface area contributed by atoms with Gasteiger partial charge in [-0.25, -0.2) is 17.6 Å². The van der Waals surface area contributed by atoms with Crippen LogP contribution in [0.1, 0.15) is 17.9 Å². The predicted octanol–water partition coefficient (Wildman–Crippen LogP) is 2.58. The molecule has 0 bridgehead atoms. The third-order valence-corrected chi connectivity index (χ3v) is 7.23. The molecule has 1 fully saturated rings. The molecule has 0 radical (unpaired) electrons. The lowest BCUT2D eigenvalue weighted by atomic mass is 9.96. The molecule has 13 heteroatoms. The van der Waals surface area contributed by atoms with Gasteiger partial charge in [-0.1, -0.05) is 6.07 Å². The minimum atomic E-state index is -5.03. The van der Waals surface area contributed by atoms with Crippen molar-refractivity contribution >= 4 is 16.1 Å². The first kappa shape index (κ1) is 25.0. The van der Waals surface area contributed by atoms with Gasteiger partial charge < -0.3 is 19.7 Å². The summed E-state index contributed by atoms with van der Waals surface area (Å²) < 4.78 is 85.1. The first-order valence-corrected chi connectivity index (χ1v) is 11.4. The fraction of sp³-hybridized carbons (Fsp3) is 0.450. The molecule has 1 aliphatic heterocycles. The Morgan fingerprint density at radius 3 is 2.36 bits per heavy atom. The zero-order chi connectivity index (χ0) is 24.4. The Morgan fingerprint density at radius 2 is 1.82 bits per heavy atom. The maximum Gasteiger partial charge on any atom is 0.424 e. The molecule has 2 aromatic rings. The summed E-state index contributed by atoms with van der Waals surface area (Å²) in [5.41, 5.74) is -3.27. The van der Waals surface area contributed by atoms with E-state index < -0.39 is 52.4 Å². The highest BCUT2D eigenvalue weighted by Crippen LogP contribution is 2.42. The van der Waals surface area contributed by atoms with Gasteiger partial charge in [-0.05, 0) is 37.3 Å². The van der Waals surface area contributed by atoms with Crippen molar-refractivity contribution in [3.05, 3.63) is 53.7 Å². The number of hydrogen-bond acceptors (Lipinski definition) is 5. The molecular formula is C20H23F4N3O5S. The van der Waals surface area contributed by atoms with Crippen molar-refractivity contribution in [3.8, 4) is 0 Å². The smallest absolute Gasteiger partial charge is 0.424 e. The van der Waals surface area contributed by atoms with Gasteiger partial charge in [0.25, 0.3) is 0 Å². The van der Waals surface area contributed by atoms with Crippen LogP contribution in [0.4, 0.5) is 22.4 Å². The highest BCUT2D eigenvalue weighted by Gasteiger charge is 2.56. The van der Waals surface area contributed by atoms with Crippen LogP contribution >= 0.6 is 0 Å². The normalized spacial score (nSPS) is 17.6. The van der Waals surface area contributed by atoms with E-state index in [1.807, 2.05) is 0 Å². The van der Waals surface area contributed by atoms with E-state index >= 15 is 0 Å². The molecule has 2 N–H and O–H groups in total. The highest BCUT2D eigenvalue weighted by atomic mass is 32.2. The lowest BCUT2D eigenvalue weighted by Gasteiger charge is -2.34. The molecule has 0 saturated carbocycles. The number of urea groups is 1. The fourth-order valence-electron chi connectivity index (χ4n) is 3.43. The van der Waals surface area contributed by atoms with Gasteiger partial charge in [0, 0.05) is 39.1 Å². The van der Waals surface area contributed by atoms with Gasteiger partial charge in [-0.15, -0.1) is 0 Å². The van der Waals surface area contributed by atoms with Crippen LogP contribution in [0.5, 0.6) is 0 Å². The third-order valence-electron chi connectivity index (χ3n) is 5.34. The molecule has 1 aromatic carbocycles. The van der Waals surface area contributed by atoms with Gasteiger partial charge in [0.1, 0.15) is 17.3 Å². The first-order chi connectivity index (χ1) is 15.3. The van der Waals surface area contributed by atoms with E-state index in [-0.39, 0.29) is 36.8 Å². The molecule has 182 valence electrons. The maximum atomic E-state index is 13.5. The molecule has 2 amide bonds. The first-order valence-electron chi connectivity index (χ1n) is 9.99. The Bertz CT molecular complexity index is 1100. The quantitative estimate of drug-likeness (QED) is 0.603. The van der Waals surface area contributed by atoms with Gasteiger partial charge in [-0.2, -0.15) is 17.5 Å². The van der Waals surface area contributed by atoms with Crippen molar-refractivity contribution in [3.63, 3.8) is 0 Å². The molecule has 33 heavy (non-hydrogen) atoms. The van der Waals surface area contributed by atoms with Crippen molar-refractivity contribution < 1.29 is 40.3 Å². The van der Waals surface area contributed by atoms with Crippen molar-refractivity contribution in [2.75, 3.05) is 32.7 Å². The number of furan rings is 1. The maximum absolute atomic E-state index is 13.5. The zero-order valence-corrected chi connectivity index (χ0v) is 18.4. The number of aliphatic hydroxyl groups is 1. The van der Waals surface area contributed by atoms with Crippen molar-refractivity contribution in [1.82, 2.24) is 14.5 Å². The zero-order valence-electron chi connectivity index (χ0n) is 17.6. The van der Waals surface area contributed by atoms with E-state index in [9.17, 15) is 35.9 Å². The average molecular weight is 493 g/mol. The highest BCUT2D eigenvalue weighted by molar-refractivity contribution is 7.89. The number of carbonyl (C=O) groups is 1. The molecule has 0 spiro atoms. The molecule has 3 rings (SSSR count). The molecular weight excluding hydrogens is 470 g/mol. The summed E-state index contributed by atoms with van der Waals surface area (Å²) in [4.78, 5) is 13.4. The standard InChI is InChI=1S/C20H23F4N3O5S/c1-14-5-6-17(32-14)19(29,20(22,23)24)7-8-25-18(28)26-9-11-27(12-10-26)33(30,31)16-4-2-3-15(21)13-16/h2-6,13,29H,7-12H2,1H3,(H,25,28)/t19-/m1/s1. The van der Waals surface area contributed by atoms with E-state index in [1.54, 1.807) is 0 Å². The number of amides is 2. The molecule has 0 aliphatic carbocycles. The number of hydrogen-bond donors (Lipinski definition) is 2. The third kappa shape index (κ3) is 5.31. The van der Waals surface area contributed by atoms with Crippen molar-refractivity contribution in [2.45, 2.75) is 30.0 Å². The molecule has 0 unspecified atom stereocenters. The van der Waals surface area contributed by atoms with Crippen LogP contribution in [-0.2, 0) is 15.6 Å². The number of aryl methyl sites for hydroxylation is 1. The van der Waals surface area contributed by atoms with Crippen LogP contribution in [0.25, 0.3) is 0 Å². The van der Waals surface area contributed by atoms with Crippen LogP contribution in [0.2, 0.25) is 0 Å². The largest absolute Gasteiger partial charge is 0.463 e. The van der Waals surface area contributed by atoms with E-state index in [1.165, 1.54) is 30.0 Å². The Balaban J connectivity index is 1.56. The second kappa shape index (κ2) is 9.31. The van der Waals surface area contributed by atoms with Gasteiger partial charge >= 0.3 is 12.2 Å². The second-order valence-electron chi connectivity index (χ2n) is 7.60.